The van der Waals surface area contributed by atoms with E-state index in [1.807, 2.05) is 0 Å². The number of rotatable bonds is 6. The number of carbonyl (C=O) groups excluding carboxylic acids is 1. The zero-order valence-electron chi connectivity index (χ0n) is 12.0. The minimum absolute atomic E-state index is 0.000818. The highest BCUT2D eigenvalue weighted by atomic mass is 19.3. The van der Waals surface area contributed by atoms with Gasteiger partial charge < -0.3 is 15.4 Å². The van der Waals surface area contributed by atoms with Gasteiger partial charge in [0.15, 0.2) is 0 Å². The van der Waals surface area contributed by atoms with Crippen LogP contribution in [0.25, 0.3) is 0 Å². The molecule has 1 fully saturated rings. The molecule has 6 heteroatoms. The Morgan fingerprint density at radius 2 is 2.33 bits per heavy atom. The Morgan fingerprint density at radius 1 is 1.52 bits per heavy atom. The van der Waals surface area contributed by atoms with Crippen LogP contribution in [0.1, 0.15) is 24.8 Å². The van der Waals surface area contributed by atoms with Gasteiger partial charge in [-0.3, -0.25) is 4.79 Å². The molecule has 1 unspecified atom stereocenters. The Balaban J connectivity index is 1.95. The summed E-state index contributed by atoms with van der Waals surface area (Å²) < 4.78 is 29.2. The van der Waals surface area contributed by atoms with Gasteiger partial charge in [0.25, 0.3) is 0 Å². The van der Waals surface area contributed by atoms with Crippen molar-refractivity contribution in [1.82, 2.24) is 5.32 Å². The van der Waals surface area contributed by atoms with Gasteiger partial charge in [0.2, 0.25) is 5.91 Å². The maximum atomic E-state index is 12.4. The highest BCUT2D eigenvalue weighted by molar-refractivity contribution is 5.93. The van der Waals surface area contributed by atoms with E-state index in [1.165, 1.54) is 6.07 Å². The highest BCUT2D eigenvalue weighted by Crippen LogP contribution is 2.29. The van der Waals surface area contributed by atoms with E-state index in [2.05, 4.69) is 15.4 Å². The largest absolute Gasteiger partial charge is 0.433 e. The summed E-state index contributed by atoms with van der Waals surface area (Å²) in [6.45, 7) is 0.773. The minimum atomic E-state index is -2.91. The van der Waals surface area contributed by atoms with Crippen LogP contribution < -0.4 is 15.4 Å². The first-order valence-corrected chi connectivity index (χ1v) is 7.11. The van der Waals surface area contributed by atoms with Crippen molar-refractivity contribution in [1.29, 1.82) is 0 Å². The number of aryl methyl sites for hydroxylation is 1. The summed E-state index contributed by atoms with van der Waals surface area (Å²) in [6, 6.07) is 4.79. The first-order chi connectivity index (χ1) is 10.1. The first-order valence-electron chi connectivity index (χ1n) is 7.11. The van der Waals surface area contributed by atoms with E-state index in [4.69, 9.17) is 0 Å². The lowest BCUT2D eigenvalue weighted by atomic mass is 10.0. The molecule has 4 nitrogen and oxygen atoms in total. The number of halogens is 2. The number of para-hydroxylation sites is 1. The van der Waals surface area contributed by atoms with Crippen LogP contribution in [-0.4, -0.2) is 25.6 Å². The van der Waals surface area contributed by atoms with Crippen molar-refractivity contribution in [2.45, 2.75) is 32.8 Å². The number of hydrogen-bond donors (Lipinski definition) is 2. The summed E-state index contributed by atoms with van der Waals surface area (Å²) in [5.41, 5.74) is 1.02. The van der Waals surface area contributed by atoms with Crippen LogP contribution in [0.2, 0.25) is 0 Å². The molecule has 2 N–H and O–H groups in total. The van der Waals surface area contributed by atoms with Crippen LogP contribution in [0, 0.1) is 12.8 Å². The summed E-state index contributed by atoms with van der Waals surface area (Å²) in [5.74, 6) is 0.348. The lowest BCUT2D eigenvalue weighted by Crippen LogP contribution is -2.16. The van der Waals surface area contributed by atoms with Gasteiger partial charge in [0.1, 0.15) is 5.75 Å². The van der Waals surface area contributed by atoms with Gasteiger partial charge in [-0.1, -0.05) is 12.1 Å². The SMILES string of the molecule is Cc1cccc(OC(F)F)c1NC(=O)CCC1CCNC1. The van der Waals surface area contributed by atoms with Gasteiger partial charge in [0.05, 0.1) is 5.69 Å². The first kappa shape index (κ1) is 15.7. The quantitative estimate of drug-likeness (QED) is 0.849. The van der Waals surface area contributed by atoms with Crippen LogP contribution in [0.5, 0.6) is 5.75 Å². The number of anilines is 1. The number of hydrogen-bond acceptors (Lipinski definition) is 3. The van der Waals surface area contributed by atoms with E-state index in [-0.39, 0.29) is 11.7 Å². The third-order valence-corrected chi connectivity index (χ3v) is 3.66. The fourth-order valence-corrected chi connectivity index (χ4v) is 2.49. The molecular formula is C15H20F2N2O2. The predicted octanol–water partition coefficient (Wildman–Crippen LogP) is 2.92. The molecule has 1 aliphatic heterocycles. The molecule has 116 valence electrons. The van der Waals surface area contributed by atoms with E-state index < -0.39 is 6.61 Å². The van der Waals surface area contributed by atoms with E-state index in [0.29, 0.717) is 23.6 Å². The number of nitrogens with one attached hydrogen (secondary N) is 2. The zero-order valence-corrected chi connectivity index (χ0v) is 12.0. The van der Waals surface area contributed by atoms with Crippen molar-refractivity contribution in [3.8, 4) is 5.75 Å². The van der Waals surface area contributed by atoms with Gasteiger partial charge >= 0.3 is 6.61 Å². The summed E-state index contributed by atoms with van der Waals surface area (Å²) in [5, 5.41) is 5.94. The number of amides is 1. The van der Waals surface area contributed by atoms with E-state index in [9.17, 15) is 13.6 Å². The molecule has 0 aromatic heterocycles. The second-order valence-corrected chi connectivity index (χ2v) is 5.27. The number of ether oxygens (including phenoxy) is 1. The van der Waals surface area contributed by atoms with Crippen LogP contribution in [-0.2, 0) is 4.79 Å². The molecule has 0 bridgehead atoms. The minimum Gasteiger partial charge on any atom is -0.433 e. The molecule has 0 aliphatic carbocycles. The number of alkyl halides is 2. The van der Waals surface area contributed by atoms with E-state index in [0.717, 1.165) is 25.9 Å². The smallest absolute Gasteiger partial charge is 0.387 e. The molecule has 0 radical (unpaired) electrons. The van der Waals surface area contributed by atoms with Crippen LogP contribution >= 0.6 is 0 Å². The topological polar surface area (TPSA) is 50.4 Å². The fraction of sp³-hybridized carbons (Fsp3) is 0.533. The number of carbonyl (C=O) groups is 1. The monoisotopic (exact) mass is 298 g/mol. The fourth-order valence-electron chi connectivity index (χ4n) is 2.49. The Morgan fingerprint density at radius 3 is 3.00 bits per heavy atom. The van der Waals surface area contributed by atoms with Gasteiger partial charge in [-0.15, -0.1) is 0 Å². The summed E-state index contributed by atoms with van der Waals surface area (Å²) >= 11 is 0. The van der Waals surface area contributed by atoms with Crippen molar-refractivity contribution in [3.05, 3.63) is 23.8 Å². The van der Waals surface area contributed by atoms with Gasteiger partial charge in [-0.2, -0.15) is 8.78 Å². The number of benzene rings is 1. The van der Waals surface area contributed by atoms with E-state index in [1.54, 1.807) is 19.1 Å². The molecule has 21 heavy (non-hydrogen) atoms. The molecule has 1 amide bonds. The van der Waals surface area contributed by atoms with Gasteiger partial charge in [0, 0.05) is 6.42 Å². The van der Waals surface area contributed by atoms with Crippen LogP contribution in [0.3, 0.4) is 0 Å². The van der Waals surface area contributed by atoms with Crippen molar-refractivity contribution in [3.63, 3.8) is 0 Å². The highest BCUT2D eigenvalue weighted by Gasteiger charge is 2.17. The average Bonchev–Trinajstić information content (AvgIpc) is 2.93. The Hall–Kier alpha value is -1.69. The summed E-state index contributed by atoms with van der Waals surface area (Å²) in [6.07, 6.45) is 2.27. The molecule has 0 spiro atoms. The predicted molar refractivity (Wildman–Crippen MR) is 76.7 cm³/mol. The summed E-state index contributed by atoms with van der Waals surface area (Å²) in [4.78, 5) is 12.0. The van der Waals surface area contributed by atoms with Gasteiger partial charge in [-0.05, 0) is 50.4 Å². The third-order valence-electron chi connectivity index (χ3n) is 3.66. The standard InChI is InChI=1S/C15H20F2N2O2/c1-10-3-2-4-12(21-15(16)17)14(10)19-13(20)6-5-11-7-8-18-9-11/h2-4,11,15,18H,5-9H2,1H3,(H,19,20). The van der Waals surface area contributed by atoms with Crippen LogP contribution in [0.15, 0.2) is 18.2 Å². The maximum Gasteiger partial charge on any atom is 0.387 e. The normalized spacial score (nSPS) is 18.0. The Labute approximate surface area is 122 Å². The zero-order chi connectivity index (χ0) is 15.2. The molecule has 1 aliphatic rings. The van der Waals surface area contributed by atoms with Crippen molar-refractivity contribution in [2.24, 2.45) is 5.92 Å². The molecule has 2 rings (SSSR count). The summed E-state index contributed by atoms with van der Waals surface area (Å²) in [7, 11) is 0. The lowest BCUT2D eigenvalue weighted by Gasteiger charge is -2.15. The molecule has 1 aromatic rings. The van der Waals surface area contributed by atoms with Gasteiger partial charge in [-0.25, -0.2) is 0 Å². The lowest BCUT2D eigenvalue weighted by molar-refractivity contribution is -0.116. The second kappa shape index (κ2) is 7.36. The Bertz CT molecular complexity index is 489. The second-order valence-electron chi connectivity index (χ2n) is 5.27. The van der Waals surface area contributed by atoms with Crippen molar-refractivity contribution >= 4 is 11.6 Å². The molecule has 1 atom stereocenters. The Kier molecular flexibility index (Phi) is 5.50. The van der Waals surface area contributed by atoms with Crippen LogP contribution in [0.4, 0.5) is 14.5 Å². The molecule has 0 saturated carbocycles. The molecule has 1 saturated heterocycles. The van der Waals surface area contributed by atoms with E-state index >= 15 is 0 Å². The molecule has 1 heterocycles. The maximum absolute atomic E-state index is 12.4. The average molecular weight is 298 g/mol. The molecular weight excluding hydrogens is 278 g/mol. The van der Waals surface area contributed by atoms with Crippen molar-refractivity contribution in [2.75, 3.05) is 18.4 Å². The molecule has 1 aromatic carbocycles. The van der Waals surface area contributed by atoms with Crippen molar-refractivity contribution < 1.29 is 18.3 Å². The third kappa shape index (κ3) is 4.67.